The molecule has 1 aromatic heterocycles. The molecule has 104 valence electrons. The summed E-state index contributed by atoms with van der Waals surface area (Å²) in [6.45, 7) is 2.75. The fourth-order valence-corrected chi connectivity index (χ4v) is 2.44. The van der Waals surface area contributed by atoms with E-state index < -0.39 is 0 Å². The SMILES string of the molecule is CCn1ncc(C(=O)c2ccccc2)c1-c1ccccc1. The van der Waals surface area contributed by atoms with Crippen molar-refractivity contribution in [1.29, 1.82) is 0 Å². The fourth-order valence-electron chi connectivity index (χ4n) is 2.44. The van der Waals surface area contributed by atoms with Gasteiger partial charge in [-0.3, -0.25) is 9.48 Å². The van der Waals surface area contributed by atoms with Gasteiger partial charge in [0, 0.05) is 17.7 Å². The van der Waals surface area contributed by atoms with Crippen molar-refractivity contribution in [3.63, 3.8) is 0 Å². The monoisotopic (exact) mass is 276 g/mol. The number of ketones is 1. The van der Waals surface area contributed by atoms with Gasteiger partial charge < -0.3 is 0 Å². The number of carbonyl (C=O) groups excluding carboxylic acids is 1. The number of nitrogens with zero attached hydrogens (tertiary/aromatic N) is 2. The highest BCUT2D eigenvalue weighted by Crippen LogP contribution is 2.25. The first kappa shape index (κ1) is 13.3. The summed E-state index contributed by atoms with van der Waals surface area (Å²) < 4.78 is 1.87. The first-order valence-electron chi connectivity index (χ1n) is 7.02. The van der Waals surface area contributed by atoms with Crippen LogP contribution in [0.25, 0.3) is 11.3 Å². The van der Waals surface area contributed by atoms with Gasteiger partial charge in [-0.1, -0.05) is 60.7 Å². The fraction of sp³-hybridized carbons (Fsp3) is 0.111. The highest BCUT2D eigenvalue weighted by atomic mass is 16.1. The minimum atomic E-state index is 0.00848. The predicted molar refractivity (Wildman–Crippen MR) is 83.2 cm³/mol. The third-order valence-corrected chi connectivity index (χ3v) is 3.47. The molecule has 0 radical (unpaired) electrons. The Hall–Kier alpha value is -2.68. The van der Waals surface area contributed by atoms with Gasteiger partial charge in [-0.25, -0.2) is 0 Å². The molecule has 1 heterocycles. The molecule has 3 nitrogen and oxygen atoms in total. The predicted octanol–water partition coefficient (Wildman–Crippen LogP) is 3.80. The van der Waals surface area contributed by atoms with Crippen LogP contribution in [-0.4, -0.2) is 15.6 Å². The van der Waals surface area contributed by atoms with Crippen molar-refractivity contribution in [2.45, 2.75) is 13.5 Å². The summed E-state index contributed by atoms with van der Waals surface area (Å²) in [4.78, 5) is 12.7. The number of aromatic nitrogens is 2. The molecule has 0 spiro atoms. The molecule has 0 fully saturated rings. The number of hydrogen-bond acceptors (Lipinski definition) is 2. The van der Waals surface area contributed by atoms with Gasteiger partial charge in [0.2, 0.25) is 0 Å². The molecule has 3 heteroatoms. The summed E-state index contributed by atoms with van der Waals surface area (Å²) in [5.74, 6) is 0.00848. The summed E-state index contributed by atoms with van der Waals surface area (Å²) in [5.41, 5.74) is 3.22. The Morgan fingerprint density at radius 3 is 2.24 bits per heavy atom. The molecule has 3 aromatic rings. The van der Waals surface area contributed by atoms with Crippen LogP contribution < -0.4 is 0 Å². The van der Waals surface area contributed by atoms with Crippen molar-refractivity contribution in [2.75, 3.05) is 0 Å². The molecule has 21 heavy (non-hydrogen) atoms. The maximum Gasteiger partial charge on any atom is 0.196 e. The third-order valence-electron chi connectivity index (χ3n) is 3.47. The zero-order chi connectivity index (χ0) is 14.7. The Morgan fingerprint density at radius 2 is 1.62 bits per heavy atom. The number of rotatable bonds is 4. The summed E-state index contributed by atoms with van der Waals surface area (Å²) in [6.07, 6.45) is 1.67. The Kier molecular flexibility index (Phi) is 3.65. The molecule has 0 atom stereocenters. The van der Waals surface area contributed by atoms with Crippen LogP contribution in [0.5, 0.6) is 0 Å². The molecule has 0 N–H and O–H groups in total. The van der Waals surface area contributed by atoms with Crippen molar-refractivity contribution >= 4 is 5.78 Å². The van der Waals surface area contributed by atoms with Gasteiger partial charge in [0.25, 0.3) is 0 Å². The average molecular weight is 276 g/mol. The Labute approximate surface area is 123 Å². The van der Waals surface area contributed by atoms with Gasteiger partial charge in [-0.15, -0.1) is 0 Å². The van der Waals surface area contributed by atoms with E-state index in [1.807, 2.05) is 72.3 Å². The first-order chi connectivity index (χ1) is 10.3. The second-order valence-corrected chi connectivity index (χ2v) is 4.78. The van der Waals surface area contributed by atoms with E-state index >= 15 is 0 Å². The van der Waals surface area contributed by atoms with Crippen molar-refractivity contribution < 1.29 is 4.79 Å². The van der Waals surface area contributed by atoms with Crippen molar-refractivity contribution in [2.24, 2.45) is 0 Å². The number of carbonyl (C=O) groups is 1. The van der Waals surface area contributed by atoms with Crippen LogP contribution in [0.4, 0.5) is 0 Å². The van der Waals surface area contributed by atoms with Crippen LogP contribution in [0.2, 0.25) is 0 Å². The highest BCUT2D eigenvalue weighted by molar-refractivity contribution is 6.12. The third kappa shape index (κ3) is 2.50. The molecular weight excluding hydrogens is 260 g/mol. The zero-order valence-corrected chi connectivity index (χ0v) is 11.9. The van der Waals surface area contributed by atoms with E-state index in [4.69, 9.17) is 0 Å². The van der Waals surface area contributed by atoms with Crippen LogP contribution in [0, 0.1) is 0 Å². The van der Waals surface area contributed by atoms with E-state index in [0.717, 1.165) is 17.8 Å². The van der Waals surface area contributed by atoms with Gasteiger partial charge in [0.05, 0.1) is 17.5 Å². The molecule has 0 aliphatic rings. The maximum absolute atomic E-state index is 12.7. The van der Waals surface area contributed by atoms with Gasteiger partial charge in [0.1, 0.15) is 0 Å². The van der Waals surface area contributed by atoms with Crippen molar-refractivity contribution in [1.82, 2.24) is 9.78 Å². The van der Waals surface area contributed by atoms with E-state index in [0.29, 0.717) is 11.1 Å². The van der Waals surface area contributed by atoms with Crippen LogP contribution >= 0.6 is 0 Å². The smallest absolute Gasteiger partial charge is 0.196 e. The quantitative estimate of drug-likeness (QED) is 0.679. The van der Waals surface area contributed by atoms with E-state index in [1.54, 1.807) is 6.20 Å². The lowest BCUT2D eigenvalue weighted by Crippen LogP contribution is -2.05. The van der Waals surface area contributed by atoms with Crippen LogP contribution in [0.15, 0.2) is 66.9 Å². The standard InChI is InChI=1S/C18H16N2O/c1-2-20-17(14-9-5-3-6-10-14)16(13-19-20)18(21)15-11-7-4-8-12-15/h3-13H,2H2,1H3. The van der Waals surface area contributed by atoms with Crippen LogP contribution in [-0.2, 0) is 6.54 Å². The molecule has 0 amide bonds. The Morgan fingerprint density at radius 1 is 1.00 bits per heavy atom. The van der Waals surface area contributed by atoms with Gasteiger partial charge in [-0.05, 0) is 6.92 Å². The molecule has 0 aliphatic carbocycles. The molecule has 3 rings (SSSR count). The average Bonchev–Trinajstić information content (AvgIpc) is 2.99. The lowest BCUT2D eigenvalue weighted by atomic mass is 10.0. The topological polar surface area (TPSA) is 34.9 Å². The van der Waals surface area contributed by atoms with E-state index in [9.17, 15) is 4.79 Å². The van der Waals surface area contributed by atoms with E-state index in [-0.39, 0.29) is 5.78 Å². The number of hydrogen-bond donors (Lipinski definition) is 0. The molecule has 0 unspecified atom stereocenters. The van der Waals surface area contributed by atoms with Crippen LogP contribution in [0.3, 0.4) is 0 Å². The maximum atomic E-state index is 12.7. The van der Waals surface area contributed by atoms with E-state index in [1.165, 1.54) is 0 Å². The summed E-state index contributed by atoms with van der Waals surface area (Å²) in [7, 11) is 0. The number of aryl methyl sites for hydroxylation is 1. The van der Waals surface area contributed by atoms with Crippen molar-refractivity contribution in [3.05, 3.63) is 78.0 Å². The lowest BCUT2D eigenvalue weighted by Gasteiger charge is -2.08. The van der Waals surface area contributed by atoms with Gasteiger partial charge >= 0.3 is 0 Å². The second-order valence-electron chi connectivity index (χ2n) is 4.78. The minimum Gasteiger partial charge on any atom is -0.288 e. The zero-order valence-electron chi connectivity index (χ0n) is 11.9. The Balaban J connectivity index is 2.12. The lowest BCUT2D eigenvalue weighted by molar-refractivity contribution is 0.103. The minimum absolute atomic E-state index is 0.00848. The summed E-state index contributed by atoms with van der Waals surface area (Å²) in [6, 6.07) is 19.2. The summed E-state index contributed by atoms with van der Waals surface area (Å²) in [5, 5.41) is 4.35. The van der Waals surface area contributed by atoms with Crippen LogP contribution in [0.1, 0.15) is 22.8 Å². The second kappa shape index (κ2) is 5.75. The van der Waals surface area contributed by atoms with Gasteiger partial charge in [-0.2, -0.15) is 5.10 Å². The molecular formula is C18H16N2O. The van der Waals surface area contributed by atoms with E-state index in [2.05, 4.69) is 5.10 Å². The number of benzene rings is 2. The Bertz CT molecular complexity index is 745. The molecule has 0 bridgehead atoms. The van der Waals surface area contributed by atoms with Crippen molar-refractivity contribution in [3.8, 4) is 11.3 Å². The molecule has 0 saturated carbocycles. The highest BCUT2D eigenvalue weighted by Gasteiger charge is 2.19. The largest absolute Gasteiger partial charge is 0.288 e. The molecule has 0 aliphatic heterocycles. The molecule has 2 aromatic carbocycles. The normalized spacial score (nSPS) is 10.5. The van der Waals surface area contributed by atoms with Gasteiger partial charge in [0.15, 0.2) is 5.78 Å². The molecule has 0 saturated heterocycles. The summed E-state index contributed by atoms with van der Waals surface area (Å²) >= 11 is 0. The first-order valence-corrected chi connectivity index (χ1v) is 7.02.